The summed E-state index contributed by atoms with van der Waals surface area (Å²) in [7, 11) is 0. The monoisotopic (exact) mass is 558 g/mol. The van der Waals surface area contributed by atoms with Gasteiger partial charge in [-0.1, -0.05) is 24.3 Å². The first-order valence-corrected chi connectivity index (χ1v) is 11.8. The van der Waals surface area contributed by atoms with Crippen LogP contribution >= 0.6 is 24.8 Å². The number of amides is 2. The molecule has 1 heterocycles. The lowest BCUT2D eigenvalue weighted by atomic mass is 10.0. The first-order chi connectivity index (χ1) is 17.2. The van der Waals surface area contributed by atoms with Crippen LogP contribution in [0.1, 0.15) is 37.3 Å². The molecule has 1 saturated heterocycles. The molecule has 0 saturated carbocycles. The Labute approximate surface area is 233 Å². The van der Waals surface area contributed by atoms with Gasteiger partial charge in [-0.05, 0) is 72.5 Å². The van der Waals surface area contributed by atoms with E-state index in [4.69, 9.17) is 27.0 Å². The highest BCUT2D eigenvalue weighted by Gasteiger charge is 2.25. The number of ether oxygens (including phenoxy) is 1. The Morgan fingerprint density at radius 2 is 1.66 bits per heavy atom. The van der Waals surface area contributed by atoms with Gasteiger partial charge >= 0.3 is 11.8 Å². The van der Waals surface area contributed by atoms with Crippen LogP contribution in [0.25, 0.3) is 10.8 Å². The maximum absolute atomic E-state index is 12.7. The number of carbonyl (C=O) groups excluding carboxylic acids is 2. The van der Waals surface area contributed by atoms with Crippen LogP contribution in [0.4, 0.5) is 5.69 Å². The molecule has 9 nitrogen and oxygen atoms in total. The maximum atomic E-state index is 12.7. The van der Waals surface area contributed by atoms with Gasteiger partial charge < -0.3 is 21.1 Å². The molecule has 3 aromatic carbocycles. The zero-order chi connectivity index (χ0) is 25.8. The topological polar surface area (TPSA) is 150 Å². The minimum atomic E-state index is -1.05. The second-order valence-electron chi connectivity index (χ2n) is 8.91. The average Bonchev–Trinajstić information content (AvgIpc) is 2.87. The molecule has 11 heteroatoms. The highest BCUT2D eigenvalue weighted by molar-refractivity contribution is 6.39. The minimum Gasteiger partial charge on any atom is -0.471 e. The van der Waals surface area contributed by atoms with Crippen LogP contribution in [0, 0.1) is 10.8 Å². The number of piperidine rings is 1. The third kappa shape index (κ3) is 6.93. The van der Waals surface area contributed by atoms with E-state index in [1.807, 2.05) is 35.2 Å². The van der Waals surface area contributed by atoms with Crippen LogP contribution in [0.15, 0.2) is 60.7 Å². The normalized spacial score (nSPS) is 14.6. The SMILES string of the molecule is CC(=N)N1CCCCC1Oc1ccc(N(Cc2ccc3ccc(C(=N)N)cc3c2)C(=O)C(N)=O)cc1.Cl.Cl. The number of nitrogens with zero attached hydrogens (tertiary/aromatic N) is 2. The van der Waals surface area contributed by atoms with E-state index in [0.29, 0.717) is 22.8 Å². The summed E-state index contributed by atoms with van der Waals surface area (Å²) in [6.45, 7) is 2.68. The van der Waals surface area contributed by atoms with E-state index in [9.17, 15) is 9.59 Å². The van der Waals surface area contributed by atoms with E-state index in [1.165, 1.54) is 4.90 Å². The molecule has 0 radical (unpaired) electrons. The summed E-state index contributed by atoms with van der Waals surface area (Å²) in [4.78, 5) is 27.8. The van der Waals surface area contributed by atoms with Gasteiger partial charge in [0.25, 0.3) is 0 Å². The third-order valence-corrected chi connectivity index (χ3v) is 6.31. The Morgan fingerprint density at radius 3 is 2.29 bits per heavy atom. The predicted octanol–water partition coefficient (Wildman–Crippen LogP) is 4.17. The van der Waals surface area contributed by atoms with Crippen molar-refractivity contribution in [1.82, 2.24) is 4.90 Å². The molecule has 1 atom stereocenters. The third-order valence-electron chi connectivity index (χ3n) is 6.31. The fourth-order valence-electron chi connectivity index (χ4n) is 4.43. The molecule has 1 fully saturated rings. The smallest absolute Gasteiger partial charge is 0.316 e. The number of nitrogens with one attached hydrogen (secondary N) is 2. The summed E-state index contributed by atoms with van der Waals surface area (Å²) in [6, 6.07) is 18.1. The van der Waals surface area contributed by atoms with Crippen molar-refractivity contribution in [3.8, 4) is 5.75 Å². The summed E-state index contributed by atoms with van der Waals surface area (Å²) in [5.41, 5.74) is 12.9. The van der Waals surface area contributed by atoms with Crippen LogP contribution in [0.3, 0.4) is 0 Å². The van der Waals surface area contributed by atoms with E-state index < -0.39 is 11.8 Å². The number of nitrogen functional groups attached to an aromatic ring is 1. The van der Waals surface area contributed by atoms with Crippen LogP contribution in [0.2, 0.25) is 0 Å². The van der Waals surface area contributed by atoms with Gasteiger partial charge in [0.15, 0.2) is 6.23 Å². The summed E-state index contributed by atoms with van der Waals surface area (Å²) >= 11 is 0. The molecule has 0 aliphatic carbocycles. The van der Waals surface area contributed by atoms with Crippen molar-refractivity contribution in [3.05, 3.63) is 71.8 Å². The molecular weight excluding hydrogens is 527 g/mol. The maximum Gasteiger partial charge on any atom is 0.316 e. The predicted molar refractivity (Wildman–Crippen MR) is 155 cm³/mol. The molecule has 0 spiro atoms. The van der Waals surface area contributed by atoms with Crippen LogP contribution in [-0.2, 0) is 16.1 Å². The van der Waals surface area contributed by atoms with Crippen molar-refractivity contribution in [2.75, 3.05) is 11.4 Å². The standard InChI is InChI=1S/C27H30N6O3.2ClH/c1-17(28)32-13-3-2-4-24(32)36-23-11-9-22(10-12-23)33(27(35)26(31)34)16-18-5-6-19-7-8-20(25(29)30)15-21(19)14-18;;/h5-12,14-15,24,28H,2-4,13,16H2,1H3,(H3,29,30)(H2,31,34);2*1H. The first kappa shape index (κ1) is 30.4. The van der Waals surface area contributed by atoms with Crippen molar-refractivity contribution in [2.45, 2.75) is 39.0 Å². The number of carbonyl (C=O) groups is 2. The Bertz CT molecular complexity index is 1330. The number of anilines is 1. The van der Waals surface area contributed by atoms with E-state index in [1.54, 1.807) is 37.3 Å². The minimum absolute atomic E-state index is 0. The molecule has 0 aromatic heterocycles. The molecule has 38 heavy (non-hydrogen) atoms. The van der Waals surface area contributed by atoms with Gasteiger partial charge in [0, 0.05) is 24.2 Å². The lowest BCUT2D eigenvalue weighted by Crippen LogP contribution is -2.45. The van der Waals surface area contributed by atoms with Crippen molar-refractivity contribution in [1.29, 1.82) is 10.8 Å². The van der Waals surface area contributed by atoms with E-state index >= 15 is 0 Å². The van der Waals surface area contributed by atoms with Crippen molar-refractivity contribution < 1.29 is 14.3 Å². The first-order valence-electron chi connectivity index (χ1n) is 11.8. The molecule has 2 amide bonds. The summed E-state index contributed by atoms with van der Waals surface area (Å²) < 4.78 is 6.13. The number of hydrogen-bond acceptors (Lipinski definition) is 5. The molecule has 6 N–H and O–H groups in total. The molecule has 1 aliphatic rings. The molecule has 1 unspecified atom stereocenters. The quantitative estimate of drug-likeness (QED) is 0.203. The highest BCUT2D eigenvalue weighted by Crippen LogP contribution is 2.26. The Kier molecular flexibility index (Phi) is 10.5. The van der Waals surface area contributed by atoms with Gasteiger partial charge in [0.2, 0.25) is 0 Å². The number of primary amides is 1. The Hall–Kier alpha value is -3.82. The van der Waals surface area contributed by atoms with E-state index in [-0.39, 0.29) is 43.4 Å². The number of likely N-dealkylation sites (tertiary alicyclic amines) is 1. The van der Waals surface area contributed by atoms with E-state index in [2.05, 4.69) is 0 Å². The van der Waals surface area contributed by atoms with Crippen LogP contribution in [-0.4, -0.2) is 41.2 Å². The van der Waals surface area contributed by atoms with Gasteiger partial charge in [-0.15, -0.1) is 24.8 Å². The number of hydrogen-bond donors (Lipinski definition) is 4. The van der Waals surface area contributed by atoms with Gasteiger partial charge in [-0.2, -0.15) is 0 Å². The molecule has 4 rings (SSSR count). The number of benzene rings is 3. The van der Waals surface area contributed by atoms with Crippen molar-refractivity contribution in [3.63, 3.8) is 0 Å². The van der Waals surface area contributed by atoms with Gasteiger partial charge in [-0.3, -0.25) is 25.3 Å². The summed E-state index contributed by atoms with van der Waals surface area (Å²) in [5.74, 6) is -0.804. The summed E-state index contributed by atoms with van der Waals surface area (Å²) in [6.07, 6.45) is 2.69. The second-order valence-corrected chi connectivity index (χ2v) is 8.91. The number of rotatable bonds is 6. The fourth-order valence-corrected chi connectivity index (χ4v) is 4.43. The van der Waals surface area contributed by atoms with Crippen molar-refractivity contribution >= 4 is 64.8 Å². The molecule has 1 aliphatic heterocycles. The zero-order valence-corrected chi connectivity index (χ0v) is 22.6. The summed E-state index contributed by atoms with van der Waals surface area (Å²) in [5, 5.41) is 17.5. The van der Waals surface area contributed by atoms with Gasteiger partial charge in [-0.25, -0.2) is 0 Å². The van der Waals surface area contributed by atoms with Crippen molar-refractivity contribution in [2.24, 2.45) is 11.5 Å². The Morgan fingerprint density at radius 1 is 0.974 bits per heavy atom. The number of halogens is 2. The van der Waals surface area contributed by atoms with Gasteiger partial charge in [0.05, 0.1) is 12.4 Å². The lowest BCUT2D eigenvalue weighted by molar-refractivity contribution is -0.135. The lowest BCUT2D eigenvalue weighted by Gasteiger charge is -2.36. The molecular formula is C27H32Cl2N6O3. The zero-order valence-electron chi connectivity index (χ0n) is 21.0. The fraction of sp³-hybridized carbons (Fsp3) is 0.259. The van der Waals surface area contributed by atoms with Gasteiger partial charge in [0.1, 0.15) is 11.6 Å². The van der Waals surface area contributed by atoms with Crippen LogP contribution in [0.5, 0.6) is 5.75 Å². The number of amidine groups is 2. The Balaban J connectivity index is 0.00000253. The van der Waals surface area contributed by atoms with Crippen LogP contribution < -0.4 is 21.1 Å². The number of nitrogens with two attached hydrogens (primary N) is 2. The van der Waals surface area contributed by atoms with E-state index in [0.717, 1.165) is 42.1 Å². The largest absolute Gasteiger partial charge is 0.471 e. The highest BCUT2D eigenvalue weighted by atomic mass is 35.5. The molecule has 3 aromatic rings. The second kappa shape index (κ2) is 13.1. The average molecular weight is 559 g/mol. The molecule has 0 bridgehead atoms. The molecule has 202 valence electrons. The number of fused-ring (bicyclic) bond motifs is 1.